The first kappa shape index (κ1) is 12.8. The molecule has 1 aromatic carbocycles. The monoisotopic (exact) mass is 256 g/mol. The molecule has 2 rings (SSSR count). The maximum atomic E-state index is 13.1. The molecule has 17 heavy (non-hydrogen) atoms. The van der Waals surface area contributed by atoms with E-state index >= 15 is 0 Å². The highest BCUT2D eigenvalue weighted by Gasteiger charge is 2.22. The van der Waals surface area contributed by atoms with Crippen LogP contribution in [0, 0.1) is 11.7 Å². The summed E-state index contributed by atoms with van der Waals surface area (Å²) in [5.74, 6) is 0.0586. The summed E-state index contributed by atoms with van der Waals surface area (Å²) in [6.45, 7) is 0. The van der Waals surface area contributed by atoms with E-state index in [2.05, 4.69) is 0 Å². The summed E-state index contributed by atoms with van der Waals surface area (Å²) in [4.78, 5) is 0. The summed E-state index contributed by atoms with van der Waals surface area (Å²) >= 11 is 6.00. The topological polar surface area (TPSA) is 20.2 Å². The molecule has 94 valence electrons. The molecule has 1 fully saturated rings. The zero-order chi connectivity index (χ0) is 12.3. The first-order valence-corrected chi connectivity index (χ1v) is 6.66. The molecule has 0 amide bonds. The number of aliphatic hydroxyl groups is 1. The third kappa shape index (κ3) is 3.43. The lowest BCUT2D eigenvalue weighted by Gasteiger charge is -2.26. The van der Waals surface area contributed by atoms with Crippen LogP contribution in [0.4, 0.5) is 4.39 Å². The van der Waals surface area contributed by atoms with Crippen molar-refractivity contribution in [2.45, 2.75) is 44.6 Å². The standard InChI is InChI=1S/C14H18ClFO/c15-13-7-6-12(16)8-11(13)9-14(17)10-4-2-1-3-5-10/h6-8,10,14,17H,1-5,9H2. The molecular formula is C14H18ClFO. The van der Waals surface area contributed by atoms with Crippen molar-refractivity contribution in [2.75, 3.05) is 0 Å². The summed E-state index contributed by atoms with van der Waals surface area (Å²) in [5.41, 5.74) is 0.713. The van der Waals surface area contributed by atoms with Crippen LogP contribution in [0.2, 0.25) is 5.02 Å². The van der Waals surface area contributed by atoms with Gasteiger partial charge in [0.2, 0.25) is 0 Å². The zero-order valence-electron chi connectivity index (χ0n) is 9.83. The van der Waals surface area contributed by atoms with Crippen molar-refractivity contribution in [3.63, 3.8) is 0 Å². The van der Waals surface area contributed by atoms with Gasteiger partial charge < -0.3 is 5.11 Å². The highest BCUT2D eigenvalue weighted by Crippen LogP contribution is 2.29. The van der Waals surface area contributed by atoms with Gasteiger partial charge in [0.25, 0.3) is 0 Å². The van der Waals surface area contributed by atoms with E-state index in [4.69, 9.17) is 11.6 Å². The highest BCUT2D eigenvalue weighted by atomic mass is 35.5. The number of halogens is 2. The molecule has 0 bridgehead atoms. The van der Waals surface area contributed by atoms with Crippen molar-refractivity contribution in [3.05, 3.63) is 34.6 Å². The number of hydrogen-bond acceptors (Lipinski definition) is 1. The summed E-state index contributed by atoms with van der Waals surface area (Å²) in [6.07, 6.45) is 5.87. The van der Waals surface area contributed by atoms with Crippen LogP contribution in [0.1, 0.15) is 37.7 Å². The minimum atomic E-state index is -0.394. The van der Waals surface area contributed by atoms with Crippen LogP contribution in [-0.4, -0.2) is 11.2 Å². The van der Waals surface area contributed by atoms with Gasteiger partial charge in [0.05, 0.1) is 6.10 Å². The average Bonchev–Trinajstić information content (AvgIpc) is 2.35. The molecule has 0 saturated heterocycles. The molecule has 0 heterocycles. The van der Waals surface area contributed by atoms with Gasteiger partial charge in [0.1, 0.15) is 5.82 Å². The second kappa shape index (κ2) is 5.83. The van der Waals surface area contributed by atoms with Crippen molar-refractivity contribution in [3.8, 4) is 0 Å². The van der Waals surface area contributed by atoms with Gasteiger partial charge in [0, 0.05) is 11.4 Å². The Kier molecular flexibility index (Phi) is 4.41. The van der Waals surface area contributed by atoms with E-state index < -0.39 is 6.10 Å². The van der Waals surface area contributed by atoms with E-state index in [1.807, 2.05) is 0 Å². The molecule has 1 unspecified atom stereocenters. The van der Waals surface area contributed by atoms with Crippen LogP contribution in [-0.2, 0) is 6.42 Å². The predicted molar refractivity (Wildman–Crippen MR) is 67.7 cm³/mol. The van der Waals surface area contributed by atoms with Crippen molar-refractivity contribution in [1.82, 2.24) is 0 Å². The molecule has 0 aromatic heterocycles. The number of hydrogen-bond donors (Lipinski definition) is 1. The SMILES string of the molecule is OC(Cc1cc(F)ccc1Cl)C1CCCCC1. The van der Waals surface area contributed by atoms with Gasteiger partial charge in [-0.05, 0) is 42.5 Å². The summed E-state index contributed by atoms with van der Waals surface area (Å²) in [5, 5.41) is 10.7. The average molecular weight is 257 g/mol. The van der Waals surface area contributed by atoms with Crippen LogP contribution in [0.15, 0.2) is 18.2 Å². The minimum Gasteiger partial charge on any atom is -0.392 e. The molecule has 1 aliphatic rings. The van der Waals surface area contributed by atoms with Gasteiger partial charge in [-0.25, -0.2) is 4.39 Å². The molecule has 1 atom stereocenters. The van der Waals surface area contributed by atoms with Crippen LogP contribution in [0.5, 0.6) is 0 Å². The fourth-order valence-electron chi connectivity index (χ4n) is 2.61. The lowest BCUT2D eigenvalue weighted by molar-refractivity contribution is 0.0850. The van der Waals surface area contributed by atoms with E-state index in [-0.39, 0.29) is 5.82 Å². The Labute approximate surface area is 107 Å². The number of rotatable bonds is 3. The summed E-state index contributed by atoms with van der Waals surface area (Å²) in [6, 6.07) is 4.33. The fraction of sp³-hybridized carbons (Fsp3) is 0.571. The largest absolute Gasteiger partial charge is 0.392 e. The Bertz CT molecular complexity index is 374. The van der Waals surface area contributed by atoms with Crippen LogP contribution < -0.4 is 0 Å². The Morgan fingerprint density at radius 2 is 2.00 bits per heavy atom. The second-order valence-electron chi connectivity index (χ2n) is 4.91. The molecule has 0 aliphatic heterocycles. The molecule has 1 aromatic rings. The van der Waals surface area contributed by atoms with Crippen molar-refractivity contribution >= 4 is 11.6 Å². The Morgan fingerprint density at radius 3 is 2.71 bits per heavy atom. The maximum absolute atomic E-state index is 13.1. The molecular weight excluding hydrogens is 239 g/mol. The summed E-state index contributed by atoms with van der Waals surface area (Å²) < 4.78 is 13.1. The van der Waals surface area contributed by atoms with Gasteiger partial charge in [-0.15, -0.1) is 0 Å². The molecule has 0 radical (unpaired) electrons. The van der Waals surface area contributed by atoms with Gasteiger partial charge >= 0.3 is 0 Å². The van der Waals surface area contributed by atoms with E-state index in [1.54, 1.807) is 6.07 Å². The lowest BCUT2D eigenvalue weighted by Crippen LogP contribution is -2.25. The van der Waals surface area contributed by atoms with E-state index in [9.17, 15) is 9.50 Å². The summed E-state index contributed by atoms with van der Waals surface area (Å²) in [7, 11) is 0. The first-order valence-electron chi connectivity index (χ1n) is 6.29. The van der Waals surface area contributed by atoms with Gasteiger partial charge in [-0.1, -0.05) is 30.9 Å². The molecule has 1 N–H and O–H groups in total. The molecule has 3 heteroatoms. The Balaban J connectivity index is 2.01. The molecule has 0 spiro atoms. The van der Waals surface area contributed by atoms with Crippen LogP contribution in [0.25, 0.3) is 0 Å². The lowest BCUT2D eigenvalue weighted by atomic mass is 9.83. The third-order valence-electron chi connectivity index (χ3n) is 3.63. The first-order chi connectivity index (χ1) is 8.16. The van der Waals surface area contributed by atoms with E-state index in [0.29, 0.717) is 22.9 Å². The predicted octanol–water partition coefficient (Wildman–Crippen LogP) is 3.96. The fourth-order valence-corrected chi connectivity index (χ4v) is 2.81. The number of aliphatic hydroxyl groups excluding tert-OH is 1. The van der Waals surface area contributed by atoms with Crippen LogP contribution >= 0.6 is 11.6 Å². The normalized spacial score (nSPS) is 19.2. The van der Waals surface area contributed by atoms with Crippen molar-refractivity contribution in [1.29, 1.82) is 0 Å². The molecule has 1 nitrogen and oxygen atoms in total. The smallest absolute Gasteiger partial charge is 0.123 e. The van der Waals surface area contributed by atoms with Crippen LogP contribution in [0.3, 0.4) is 0 Å². The minimum absolute atomic E-state index is 0.291. The maximum Gasteiger partial charge on any atom is 0.123 e. The van der Waals surface area contributed by atoms with Crippen molar-refractivity contribution < 1.29 is 9.50 Å². The van der Waals surface area contributed by atoms with E-state index in [1.165, 1.54) is 31.4 Å². The van der Waals surface area contributed by atoms with Gasteiger partial charge in [-0.3, -0.25) is 0 Å². The van der Waals surface area contributed by atoms with Gasteiger partial charge in [0.15, 0.2) is 0 Å². The number of benzene rings is 1. The Morgan fingerprint density at radius 1 is 1.29 bits per heavy atom. The molecule has 1 aliphatic carbocycles. The van der Waals surface area contributed by atoms with Crippen molar-refractivity contribution in [2.24, 2.45) is 5.92 Å². The zero-order valence-corrected chi connectivity index (χ0v) is 10.6. The Hall–Kier alpha value is -0.600. The highest BCUT2D eigenvalue weighted by molar-refractivity contribution is 6.31. The van der Waals surface area contributed by atoms with E-state index in [0.717, 1.165) is 12.8 Å². The molecule has 1 saturated carbocycles. The van der Waals surface area contributed by atoms with Gasteiger partial charge in [-0.2, -0.15) is 0 Å². The quantitative estimate of drug-likeness (QED) is 0.868. The third-order valence-corrected chi connectivity index (χ3v) is 4.00. The second-order valence-corrected chi connectivity index (χ2v) is 5.31.